The summed E-state index contributed by atoms with van der Waals surface area (Å²) < 4.78 is 1.83. The second-order valence-electron chi connectivity index (χ2n) is 4.48. The fourth-order valence-corrected chi connectivity index (χ4v) is 1.92. The van der Waals surface area contributed by atoms with E-state index >= 15 is 0 Å². The minimum absolute atomic E-state index is 0.462. The Kier molecular flexibility index (Phi) is 3.56. The van der Waals surface area contributed by atoms with E-state index in [1.165, 1.54) is 11.8 Å². The second kappa shape index (κ2) is 5.84. The van der Waals surface area contributed by atoms with Crippen LogP contribution < -0.4 is 5.32 Å². The van der Waals surface area contributed by atoms with Gasteiger partial charge in [0.2, 0.25) is 0 Å². The molecular weight excluding hydrogens is 264 g/mol. The molecule has 3 rings (SSSR count). The molecule has 21 heavy (non-hydrogen) atoms. The zero-order valence-corrected chi connectivity index (χ0v) is 11.1. The zero-order valence-electron chi connectivity index (χ0n) is 11.1. The highest BCUT2D eigenvalue weighted by Gasteiger charge is 2.02. The molecule has 2 aromatic heterocycles. The normalized spacial score (nSPS) is 10.0. The molecular formula is C15H12N6. The van der Waals surface area contributed by atoms with Gasteiger partial charge in [-0.2, -0.15) is 15.5 Å². The third kappa shape index (κ3) is 3.22. The van der Waals surface area contributed by atoms with Crippen molar-refractivity contribution in [2.45, 2.75) is 6.54 Å². The minimum atomic E-state index is 0.462. The lowest BCUT2D eigenvalue weighted by Gasteiger charge is -2.02. The maximum absolute atomic E-state index is 8.83. The van der Waals surface area contributed by atoms with Crippen molar-refractivity contribution in [2.24, 2.45) is 0 Å². The molecule has 0 unspecified atom stereocenters. The molecule has 0 fully saturated rings. The molecule has 2 heterocycles. The quantitative estimate of drug-likeness (QED) is 0.791. The summed E-state index contributed by atoms with van der Waals surface area (Å²) in [7, 11) is 0. The van der Waals surface area contributed by atoms with E-state index in [1.54, 1.807) is 12.3 Å². The smallest absolute Gasteiger partial charge is 0.154 e. The molecule has 0 radical (unpaired) electrons. The molecule has 0 bridgehead atoms. The average Bonchev–Trinajstić information content (AvgIpc) is 2.95. The number of nitrogens with one attached hydrogen (secondary N) is 1. The lowest BCUT2D eigenvalue weighted by molar-refractivity contribution is 0.687. The fourth-order valence-electron chi connectivity index (χ4n) is 1.92. The Balaban J connectivity index is 1.72. The maximum Gasteiger partial charge on any atom is 0.154 e. The topological polar surface area (TPSA) is 79.4 Å². The second-order valence-corrected chi connectivity index (χ2v) is 4.48. The number of nitriles is 1. The Bertz CT molecular complexity index is 772. The highest BCUT2D eigenvalue weighted by atomic mass is 15.3. The zero-order chi connectivity index (χ0) is 14.5. The van der Waals surface area contributed by atoms with E-state index in [0.29, 0.717) is 17.9 Å². The largest absolute Gasteiger partial charge is 0.336 e. The molecule has 0 spiro atoms. The van der Waals surface area contributed by atoms with Gasteiger partial charge < -0.3 is 5.32 Å². The van der Waals surface area contributed by atoms with Gasteiger partial charge in [-0.05, 0) is 5.56 Å². The molecule has 3 aromatic rings. The Morgan fingerprint density at radius 1 is 1.19 bits per heavy atom. The summed E-state index contributed by atoms with van der Waals surface area (Å²) in [4.78, 5) is 0. The van der Waals surface area contributed by atoms with E-state index in [0.717, 1.165) is 5.69 Å². The van der Waals surface area contributed by atoms with Crippen molar-refractivity contribution in [1.82, 2.24) is 20.0 Å². The molecule has 0 amide bonds. The van der Waals surface area contributed by atoms with Gasteiger partial charge in [0.25, 0.3) is 0 Å². The number of nitrogens with zero attached hydrogens (tertiary/aromatic N) is 5. The summed E-state index contributed by atoms with van der Waals surface area (Å²) in [5.74, 6) is 0.522. The van der Waals surface area contributed by atoms with Crippen LogP contribution >= 0.6 is 0 Å². The minimum Gasteiger partial charge on any atom is -0.336 e. The molecule has 1 N–H and O–H groups in total. The summed E-state index contributed by atoms with van der Waals surface area (Å²) >= 11 is 0. The van der Waals surface area contributed by atoms with E-state index in [9.17, 15) is 0 Å². The lowest BCUT2D eigenvalue weighted by Crippen LogP contribution is -1.99. The fraction of sp³-hybridized carbons (Fsp3) is 0.0667. The highest BCUT2D eigenvalue weighted by Crippen LogP contribution is 2.14. The van der Waals surface area contributed by atoms with E-state index in [2.05, 4.69) is 32.7 Å². The van der Waals surface area contributed by atoms with Crippen LogP contribution in [0.1, 0.15) is 11.1 Å². The Morgan fingerprint density at radius 2 is 2.05 bits per heavy atom. The van der Waals surface area contributed by atoms with Crippen LogP contribution in [0.25, 0.3) is 0 Å². The number of benzene rings is 1. The first-order valence-corrected chi connectivity index (χ1v) is 6.40. The standard InChI is InChI=1S/C15H12N6/c16-7-13-6-15(20-17-8-13)19-14-9-18-21(11-14)10-12-4-2-1-3-5-12/h1-6,8-9,11H,10H2,(H,19,20). The third-order valence-electron chi connectivity index (χ3n) is 2.88. The first-order valence-electron chi connectivity index (χ1n) is 6.40. The van der Waals surface area contributed by atoms with Gasteiger partial charge in [-0.1, -0.05) is 30.3 Å². The molecule has 102 valence electrons. The van der Waals surface area contributed by atoms with E-state index in [-0.39, 0.29) is 0 Å². The monoisotopic (exact) mass is 276 g/mol. The molecule has 0 aliphatic rings. The Hall–Kier alpha value is -3.20. The SMILES string of the molecule is N#Cc1cnnc(Nc2cnn(Cc3ccccc3)c2)c1. The first kappa shape index (κ1) is 12.8. The first-order chi connectivity index (χ1) is 10.3. The predicted octanol–water partition coefficient (Wildman–Crippen LogP) is 2.34. The van der Waals surface area contributed by atoms with Gasteiger partial charge in [-0.3, -0.25) is 4.68 Å². The summed E-state index contributed by atoms with van der Waals surface area (Å²) in [5, 5.41) is 23.9. The summed E-state index contributed by atoms with van der Waals surface area (Å²) in [6.45, 7) is 0.701. The average molecular weight is 276 g/mol. The molecule has 0 aliphatic heterocycles. The predicted molar refractivity (Wildman–Crippen MR) is 77.8 cm³/mol. The summed E-state index contributed by atoms with van der Waals surface area (Å²) in [6.07, 6.45) is 5.02. The van der Waals surface area contributed by atoms with Gasteiger partial charge in [0.05, 0.1) is 30.2 Å². The van der Waals surface area contributed by atoms with Crippen LogP contribution in [0, 0.1) is 11.3 Å². The van der Waals surface area contributed by atoms with Crippen molar-refractivity contribution in [3.05, 3.63) is 66.1 Å². The molecule has 0 saturated carbocycles. The van der Waals surface area contributed by atoms with Crippen LogP contribution in [-0.4, -0.2) is 20.0 Å². The molecule has 1 aromatic carbocycles. The van der Waals surface area contributed by atoms with Gasteiger partial charge in [0.1, 0.15) is 6.07 Å². The molecule has 6 nitrogen and oxygen atoms in total. The van der Waals surface area contributed by atoms with Crippen LogP contribution in [0.5, 0.6) is 0 Å². The van der Waals surface area contributed by atoms with Gasteiger partial charge in [0.15, 0.2) is 5.82 Å². The van der Waals surface area contributed by atoms with Crippen molar-refractivity contribution in [3.8, 4) is 6.07 Å². The van der Waals surface area contributed by atoms with Crippen molar-refractivity contribution in [1.29, 1.82) is 5.26 Å². The third-order valence-corrected chi connectivity index (χ3v) is 2.88. The number of rotatable bonds is 4. The number of hydrogen-bond donors (Lipinski definition) is 1. The number of anilines is 2. The molecule has 0 atom stereocenters. The van der Waals surface area contributed by atoms with Crippen LogP contribution in [0.15, 0.2) is 55.0 Å². The Labute approximate surface area is 121 Å². The molecule has 6 heteroatoms. The van der Waals surface area contributed by atoms with Gasteiger partial charge in [-0.15, -0.1) is 5.10 Å². The van der Waals surface area contributed by atoms with Crippen molar-refractivity contribution in [2.75, 3.05) is 5.32 Å². The summed E-state index contributed by atoms with van der Waals surface area (Å²) in [6, 6.07) is 13.8. The van der Waals surface area contributed by atoms with E-state index < -0.39 is 0 Å². The van der Waals surface area contributed by atoms with E-state index in [1.807, 2.05) is 35.1 Å². The molecule has 0 saturated heterocycles. The van der Waals surface area contributed by atoms with Gasteiger partial charge in [-0.25, -0.2) is 0 Å². The van der Waals surface area contributed by atoms with Crippen molar-refractivity contribution in [3.63, 3.8) is 0 Å². The maximum atomic E-state index is 8.83. The number of aromatic nitrogens is 4. The van der Waals surface area contributed by atoms with Crippen molar-refractivity contribution >= 4 is 11.5 Å². The summed E-state index contributed by atoms with van der Waals surface area (Å²) in [5.41, 5.74) is 2.44. The highest BCUT2D eigenvalue weighted by molar-refractivity contribution is 5.54. The van der Waals surface area contributed by atoms with Crippen molar-refractivity contribution < 1.29 is 0 Å². The van der Waals surface area contributed by atoms with Crippen LogP contribution in [0.2, 0.25) is 0 Å². The van der Waals surface area contributed by atoms with Crippen LogP contribution in [0.4, 0.5) is 11.5 Å². The van der Waals surface area contributed by atoms with Gasteiger partial charge in [0, 0.05) is 12.3 Å². The van der Waals surface area contributed by atoms with Crippen LogP contribution in [0.3, 0.4) is 0 Å². The van der Waals surface area contributed by atoms with Gasteiger partial charge >= 0.3 is 0 Å². The molecule has 0 aliphatic carbocycles. The van der Waals surface area contributed by atoms with Crippen LogP contribution in [-0.2, 0) is 6.54 Å². The number of hydrogen-bond acceptors (Lipinski definition) is 5. The Morgan fingerprint density at radius 3 is 2.86 bits per heavy atom. The lowest BCUT2D eigenvalue weighted by atomic mass is 10.2. The van der Waals surface area contributed by atoms with E-state index in [4.69, 9.17) is 5.26 Å².